The molecule has 2 aromatic heterocycles. The molecule has 9 heteroatoms. The maximum absolute atomic E-state index is 12.0. The van der Waals surface area contributed by atoms with Crippen LogP contribution in [0.3, 0.4) is 0 Å². The van der Waals surface area contributed by atoms with E-state index in [1.807, 2.05) is 6.07 Å². The topological polar surface area (TPSA) is 78.4 Å². The van der Waals surface area contributed by atoms with Gasteiger partial charge in [-0.2, -0.15) is 0 Å². The van der Waals surface area contributed by atoms with Crippen molar-refractivity contribution in [2.45, 2.75) is 13.0 Å². The number of piperazine rings is 1. The highest BCUT2D eigenvalue weighted by atomic mass is 32.1. The predicted molar refractivity (Wildman–Crippen MR) is 110 cm³/mol. The van der Waals surface area contributed by atoms with Crippen LogP contribution in [0.2, 0.25) is 0 Å². The Morgan fingerprint density at radius 3 is 2.50 bits per heavy atom. The van der Waals surface area contributed by atoms with E-state index in [4.69, 9.17) is 0 Å². The minimum Gasteiger partial charge on any atom is -0.344 e. The van der Waals surface area contributed by atoms with Crippen molar-refractivity contribution in [3.8, 4) is 0 Å². The first-order chi connectivity index (χ1) is 13.5. The minimum absolute atomic E-state index is 0.101. The van der Waals surface area contributed by atoms with E-state index in [-0.39, 0.29) is 5.91 Å². The number of aromatic nitrogens is 4. The van der Waals surface area contributed by atoms with E-state index >= 15 is 0 Å². The number of carbonyl (C=O) groups is 1. The lowest BCUT2D eigenvalue weighted by molar-refractivity contribution is 0.0826. The summed E-state index contributed by atoms with van der Waals surface area (Å²) in [6.07, 6.45) is 3.45. The van der Waals surface area contributed by atoms with Gasteiger partial charge in [-0.3, -0.25) is 19.7 Å². The fraction of sp³-hybridized carbons (Fsp3) is 0.421. The Labute approximate surface area is 167 Å². The third-order valence-corrected chi connectivity index (χ3v) is 6.08. The lowest BCUT2D eigenvalue weighted by Crippen LogP contribution is -2.47. The fourth-order valence-corrected chi connectivity index (χ4v) is 4.29. The van der Waals surface area contributed by atoms with Gasteiger partial charge in [-0.15, -0.1) is 10.2 Å². The maximum atomic E-state index is 12.0. The van der Waals surface area contributed by atoms with Crippen LogP contribution < -0.4 is 4.90 Å². The van der Waals surface area contributed by atoms with E-state index in [2.05, 4.69) is 49.0 Å². The zero-order valence-corrected chi connectivity index (χ0v) is 17.1. The highest BCUT2D eigenvalue weighted by molar-refractivity contribution is 7.17. The zero-order chi connectivity index (χ0) is 19.7. The van der Waals surface area contributed by atoms with Crippen LogP contribution in [0.25, 0.3) is 11.0 Å². The molecule has 1 amide bonds. The van der Waals surface area contributed by atoms with Crippen LogP contribution >= 0.6 is 11.3 Å². The molecule has 146 valence electrons. The third kappa shape index (κ3) is 3.67. The number of carbonyl (C=O) groups excluding carboxylic acids is 1. The molecule has 0 aliphatic carbocycles. The van der Waals surface area contributed by atoms with Crippen molar-refractivity contribution >= 4 is 33.4 Å². The van der Waals surface area contributed by atoms with Crippen LogP contribution in [0.5, 0.6) is 0 Å². The molecule has 8 nitrogen and oxygen atoms in total. The second kappa shape index (κ2) is 7.76. The highest BCUT2D eigenvalue weighted by Crippen LogP contribution is 2.27. The molecule has 1 aromatic carbocycles. The van der Waals surface area contributed by atoms with Gasteiger partial charge in [0.15, 0.2) is 0 Å². The lowest BCUT2D eigenvalue weighted by Gasteiger charge is -2.38. The molecule has 1 aliphatic rings. The molecular weight excluding hydrogens is 374 g/mol. The summed E-state index contributed by atoms with van der Waals surface area (Å²) in [7, 11) is 3.45. The largest absolute Gasteiger partial charge is 0.344 e. The molecule has 0 radical (unpaired) electrons. The van der Waals surface area contributed by atoms with Crippen molar-refractivity contribution in [1.29, 1.82) is 0 Å². The Morgan fingerprint density at radius 2 is 1.79 bits per heavy atom. The molecule has 3 aromatic rings. The van der Waals surface area contributed by atoms with Crippen molar-refractivity contribution in [3.05, 3.63) is 41.2 Å². The Kier molecular flexibility index (Phi) is 5.19. The standard InChI is InChI=1S/C19H23N7OS/c1-13(14-4-5-15-16(12-14)21-7-6-20-15)25-8-10-26(11-9-25)19-23-22-17(28-19)18(27)24(2)3/h4-7,12-13H,8-11H2,1-3H3. The average molecular weight is 398 g/mol. The molecule has 0 N–H and O–H groups in total. The number of benzene rings is 1. The second-order valence-electron chi connectivity index (χ2n) is 7.09. The van der Waals surface area contributed by atoms with E-state index in [0.29, 0.717) is 11.0 Å². The lowest BCUT2D eigenvalue weighted by atomic mass is 10.1. The zero-order valence-electron chi connectivity index (χ0n) is 16.2. The molecule has 0 spiro atoms. The van der Waals surface area contributed by atoms with Gasteiger partial charge < -0.3 is 9.80 Å². The summed E-state index contributed by atoms with van der Waals surface area (Å²) >= 11 is 1.36. The number of hydrogen-bond donors (Lipinski definition) is 0. The first-order valence-electron chi connectivity index (χ1n) is 9.28. The molecular formula is C19H23N7OS. The molecule has 1 atom stereocenters. The van der Waals surface area contributed by atoms with E-state index in [1.165, 1.54) is 21.8 Å². The molecule has 1 saturated heterocycles. The van der Waals surface area contributed by atoms with Gasteiger partial charge in [-0.05, 0) is 24.6 Å². The van der Waals surface area contributed by atoms with Crippen LogP contribution in [0, 0.1) is 0 Å². The quantitative estimate of drug-likeness (QED) is 0.667. The van der Waals surface area contributed by atoms with E-state index in [9.17, 15) is 4.79 Å². The minimum atomic E-state index is -0.101. The molecule has 28 heavy (non-hydrogen) atoms. The summed E-state index contributed by atoms with van der Waals surface area (Å²) < 4.78 is 0. The van der Waals surface area contributed by atoms with Gasteiger partial charge in [-0.25, -0.2) is 0 Å². The molecule has 3 heterocycles. The van der Waals surface area contributed by atoms with E-state index < -0.39 is 0 Å². The van der Waals surface area contributed by atoms with Crippen LogP contribution in [0.1, 0.15) is 28.3 Å². The Hall–Kier alpha value is -2.65. The SMILES string of the molecule is CC(c1ccc2nccnc2c1)N1CCN(c2nnc(C(=O)N(C)C)s2)CC1. The summed E-state index contributed by atoms with van der Waals surface area (Å²) in [5.74, 6) is -0.101. The molecule has 1 unspecified atom stereocenters. The Morgan fingerprint density at radius 1 is 1.07 bits per heavy atom. The fourth-order valence-electron chi connectivity index (χ4n) is 3.37. The van der Waals surface area contributed by atoms with Crippen LogP contribution in [-0.4, -0.2) is 76.1 Å². The van der Waals surface area contributed by atoms with Gasteiger partial charge in [-0.1, -0.05) is 17.4 Å². The summed E-state index contributed by atoms with van der Waals surface area (Å²) in [6, 6.07) is 6.60. The van der Waals surface area contributed by atoms with E-state index in [1.54, 1.807) is 26.5 Å². The highest BCUT2D eigenvalue weighted by Gasteiger charge is 2.25. The summed E-state index contributed by atoms with van der Waals surface area (Å²) in [5.41, 5.74) is 3.09. The second-order valence-corrected chi connectivity index (χ2v) is 8.05. The van der Waals surface area contributed by atoms with Crippen LogP contribution in [-0.2, 0) is 0 Å². The summed E-state index contributed by atoms with van der Waals surface area (Å²) in [6.45, 7) is 5.81. The first-order valence-corrected chi connectivity index (χ1v) is 10.1. The predicted octanol–water partition coefficient (Wildman–Crippen LogP) is 2.07. The van der Waals surface area contributed by atoms with Gasteiger partial charge >= 0.3 is 0 Å². The Balaban J connectivity index is 1.41. The average Bonchev–Trinajstić information content (AvgIpc) is 3.22. The van der Waals surface area contributed by atoms with Gasteiger partial charge in [0, 0.05) is 58.7 Å². The van der Waals surface area contributed by atoms with Crippen molar-refractivity contribution in [3.63, 3.8) is 0 Å². The molecule has 1 fully saturated rings. The van der Waals surface area contributed by atoms with Crippen molar-refractivity contribution < 1.29 is 4.79 Å². The third-order valence-electron chi connectivity index (χ3n) is 5.11. The normalized spacial score (nSPS) is 16.3. The van der Waals surface area contributed by atoms with Crippen LogP contribution in [0.4, 0.5) is 5.13 Å². The Bertz CT molecular complexity index is 981. The van der Waals surface area contributed by atoms with Crippen molar-refractivity contribution in [1.82, 2.24) is 30.0 Å². The number of hydrogen-bond acceptors (Lipinski definition) is 8. The van der Waals surface area contributed by atoms with E-state index in [0.717, 1.165) is 42.3 Å². The summed E-state index contributed by atoms with van der Waals surface area (Å²) in [5, 5.41) is 9.53. The molecule has 4 rings (SSSR count). The number of nitrogens with zero attached hydrogens (tertiary/aromatic N) is 7. The number of rotatable bonds is 4. The van der Waals surface area contributed by atoms with Crippen LogP contribution in [0.15, 0.2) is 30.6 Å². The van der Waals surface area contributed by atoms with Gasteiger partial charge in [0.05, 0.1) is 11.0 Å². The monoisotopic (exact) mass is 397 g/mol. The van der Waals surface area contributed by atoms with Crippen molar-refractivity contribution in [2.24, 2.45) is 0 Å². The number of anilines is 1. The van der Waals surface area contributed by atoms with Gasteiger partial charge in [0.25, 0.3) is 5.91 Å². The van der Waals surface area contributed by atoms with Gasteiger partial charge in [0.1, 0.15) is 0 Å². The number of amides is 1. The van der Waals surface area contributed by atoms with Crippen molar-refractivity contribution in [2.75, 3.05) is 45.2 Å². The van der Waals surface area contributed by atoms with Gasteiger partial charge in [0.2, 0.25) is 10.1 Å². The molecule has 0 bridgehead atoms. The smallest absolute Gasteiger partial charge is 0.284 e. The number of fused-ring (bicyclic) bond motifs is 1. The molecule has 1 aliphatic heterocycles. The summed E-state index contributed by atoms with van der Waals surface area (Å²) in [4.78, 5) is 27.0. The maximum Gasteiger partial charge on any atom is 0.284 e. The first kappa shape index (κ1) is 18.7. The molecule has 0 saturated carbocycles.